The van der Waals surface area contributed by atoms with Gasteiger partial charge in [0.1, 0.15) is 6.61 Å². The van der Waals surface area contributed by atoms with Gasteiger partial charge in [-0.05, 0) is 13.8 Å². The number of hydrogen-bond acceptors (Lipinski definition) is 6. The third-order valence-corrected chi connectivity index (χ3v) is 2.81. The molecule has 6 heteroatoms. The number of ether oxygens (including phenoxy) is 3. The normalized spacial score (nSPS) is 21.8. The highest BCUT2D eigenvalue weighted by Crippen LogP contribution is 2.38. The molecule has 0 aromatic carbocycles. The lowest BCUT2D eigenvalue weighted by Crippen LogP contribution is -2.47. The van der Waals surface area contributed by atoms with Gasteiger partial charge in [0.2, 0.25) is 5.41 Å². The van der Waals surface area contributed by atoms with Crippen LogP contribution in [0.3, 0.4) is 0 Å². The Bertz CT molecular complexity index is 317. The van der Waals surface area contributed by atoms with Gasteiger partial charge in [0, 0.05) is 0 Å². The van der Waals surface area contributed by atoms with E-state index in [0.717, 1.165) is 0 Å². The Morgan fingerprint density at radius 3 is 2.06 bits per heavy atom. The summed E-state index contributed by atoms with van der Waals surface area (Å²) in [6.07, 6.45) is 0. The molecule has 0 aliphatic carbocycles. The van der Waals surface area contributed by atoms with Crippen LogP contribution in [0.25, 0.3) is 0 Å². The van der Waals surface area contributed by atoms with E-state index in [9.17, 15) is 14.4 Å². The number of cyclic esters (lactones) is 1. The Morgan fingerprint density at radius 1 is 1.29 bits per heavy atom. The summed E-state index contributed by atoms with van der Waals surface area (Å²) in [5, 5.41) is 0. The average molecular weight is 244 g/mol. The van der Waals surface area contributed by atoms with E-state index in [4.69, 9.17) is 14.2 Å². The highest BCUT2D eigenvalue weighted by Gasteiger charge is 2.61. The number of carbonyl (C=O) groups excluding carboxylic acids is 3. The van der Waals surface area contributed by atoms with Crippen molar-refractivity contribution in [1.29, 1.82) is 0 Å². The van der Waals surface area contributed by atoms with E-state index in [1.807, 2.05) is 0 Å². The van der Waals surface area contributed by atoms with Gasteiger partial charge in [0.25, 0.3) is 0 Å². The van der Waals surface area contributed by atoms with E-state index in [1.165, 1.54) is 6.92 Å². The smallest absolute Gasteiger partial charge is 0.327 e. The van der Waals surface area contributed by atoms with Crippen LogP contribution in [0.5, 0.6) is 0 Å². The number of rotatable bonds is 4. The molecule has 17 heavy (non-hydrogen) atoms. The quantitative estimate of drug-likeness (QED) is 0.402. The highest BCUT2D eigenvalue weighted by molar-refractivity contribution is 6.05. The summed E-state index contributed by atoms with van der Waals surface area (Å²) < 4.78 is 14.5. The van der Waals surface area contributed by atoms with Gasteiger partial charge in [-0.2, -0.15) is 0 Å². The standard InChI is InChI=1S/C11H16O6/c1-4-15-9(13)11(10(14)16-5-2)6-17-8(12)7(11)3/h7H,4-6H2,1-3H3. The molecule has 1 aliphatic heterocycles. The summed E-state index contributed by atoms with van der Waals surface area (Å²) in [4.78, 5) is 35.1. The zero-order valence-electron chi connectivity index (χ0n) is 10.1. The van der Waals surface area contributed by atoms with Crippen LogP contribution in [-0.2, 0) is 28.6 Å². The molecule has 1 saturated heterocycles. The molecule has 1 unspecified atom stereocenters. The first-order valence-corrected chi connectivity index (χ1v) is 5.51. The fourth-order valence-electron chi connectivity index (χ4n) is 1.71. The van der Waals surface area contributed by atoms with E-state index < -0.39 is 29.2 Å². The molecule has 1 heterocycles. The van der Waals surface area contributed by atoms with Crippen molar-refractivity contribution in [1.82, 2.24) is 0 Å². The molecule has 1 fully saturated rings. The molecule has 1 atom stereocenters. The van der Waals surface area contributed by atoms with Gasteiger partial charge in [0.05, 0.1) is 19.1 Å². The number of carbonyl (C=O) groups is 3. The van der Waals surface area contributed by atoms with Crippen LogP contribution >= 0.6 is 0 Å². The highest BCUT2D eigenvalue weighted by atomic mass is 16.6. The molecule has 0 spiro atoms. The second-order valence-electron chi connectivity index (χ2n) is 3.74. The maximum Gasteiger partial charge on any atom is 0.327 e. The van der Waals surface area contributed by atoms with Crippen LogP contribution in [0.1, 0.15) is 20.8 Å². The third kappa shape index (κ3) is 2.11. The van der Waals surface area contributed by atoms with Crippen LogP contribution in [0.15, 0.2) is 0 Å². The Balaban J connectivity index is 3.05. The van der Waals surface area contributed by atoms with Crippen molar-refractivity contribution in [3.63, 3.8) is 0 Å². The largest absolute Gasteiger partial charge is 0.465 e. The van der Waals surface area contributed by atoms with Crippen LogP contribution in [-0.4, -0.2) is 37.7 Å². The van der Waals surface area contributed by atoms with Gasteiger partial charge in [0.15, 0.2) is 0 Å². The monoisotopic (exact) mass is 244 g/mol. The zero-order chi connectivity index (χ0) is 13.1. The van der Waals surface area contributed by atoms with Crippen LogP contribution in [0.4, 0.5) is 0 Å². The second-order valence-corrected chi connectivity index (χ2v) is 3.74. The lowest BCUT2D eigenvalue weighted by atomic mass is 9.78. The minimum Gasteiger partial charge on any atom is -0.465 e. The summed E-state index contributed by atoms with van der Waals surface area (Å²) in [7, 11) is 0. The van der Waals surface area contributed by atoms with Crippen molar-refractivity contribution in [2.24, 2.45) is 11.3 Å². The fourth-order valence-corrected chi connectivity index (χ4v) is 1.71. The van der Waals surface area contributed by atoms with Crippen molar-refractivity contribution in [2.45, 2.75) is 20.8 Å². The molecule has 0 saturated carbocycles. The molecule has 96 valence electrons. The van der Waals surface area contributed by atoms with Crippen molar-refractivity contribution in [3.8, 4) is 0 Å². The average Bonchev–Trinajstić information content (AvgIpc) is 2.58. The predicted molar refractivity (Wildman–Crippen MR) is 55.8 cm³/mol. The van der Waals surface area contributed by atoms with E-state index in [-0.39, 0.29) is 19.8 Å². The van der Waals surface area contributed by atoms with E-state index >= 15 is 0 Å². The topological polar surface area (TPSA) is 78.9 Å². The fraction of sp³-hybridized carbons (Fsp3) is 0.727. The van der Waals surface area contributed by atoms with Gasteiger partial charge in [-0.15, -0.1) is 0 Å². The zero-order valence-corrected chi connectivity index (χ0v) is 10.1. The molecule has 6 nitrogen and oxygen atoms in total. The summed E-state index contributed by atoms with van der Waals surface area (Å²) >= 11 is 0. The maximum absolute atomic E-state index is 11.9. The Labute approximate surface area is 99.2 Å². The van der Waals surface area contributed by atoms with Gasteiger partial charge in [-0.1, -0.05) is 6.92 Å². The van der Waals surface area contributed by atoms with E-state index in [0.29, 0.717) is 0 Å². The van der Waals surface area contributed by atoms with E-state index in [1.54, 1.807) is 13.8 Å². The molecule has 0 amide bonds. The predicted octanol–water partition coefficient (Wildman–Crippen LogP) is 0.292. The van der Waals surface area contributed by atoms with Crippen molar-refractivity contribution in [3.05, 3.63) is 0 Å². The Morgan fingerprint density at radius 2 is 1.76 bits per heavy atom. The maximum atomic E-state index is 11.9. The minimum atomic E-state index is -1.65. The van der Waals surface area contributed by atoms with Gasteiger partial charge in [-0.25, -0.2) is 0 Å². The molecule has 0 aromatic rings. The number of esters is 3. The summed E-state index contributed by atoms with van der Waals surface area (Å²) in [5.41, 5.74) is -1.65. The van der Waals surface area contributed by atoms with Crippen LogP contribution in [0, 0.1) is 11.3 Å². The van der Waals surface area contributed by atoms with Gasteiger partial charge in [-0.3, -0.25) is 14.4 Å². The molecular weight excluding hydrogens is 228 g/mol. The molecule has 1 aliphatic rings. The first kappa shape index (κ1) is 13.5. The number of hydrogen-bond donors (Lipinski definition) is 0. The van der Waals surface area contributed by atoms with Crippen molar-refractivity contribution in [2.75, 3.05) is 19.8 Å². The van der Waals surface area contributed by atoms with Crippen molar-refractivity contribution < 1.29 is 28.6 Å². The van der Waals surface area contributed by atoms with E-state index in [2.05, 4.69) is 0 Å². The molecule has 0 N–H and O–H groups in total. The third-order valence-electron chi connectivity index (χ3n) is 2.81. The lowest BCUT2D eigenvalue weighted by molar-refractivity contribution is -0.174. The summed E-state index contributed by atoms with van der Waals surface area (Å²) in [6.45, 7) is 4.65. The Kier molecular flexibility index (Phi) is 4.09. The molecule has 1 rings (SSSR count). The molecule has 0 bridgehead atoms. The van der Waals surface area contributed by atoms with Gasteiger partial charge >= 0.3 is 17.9 Å². The first-order valence-electron chi connectivity index (χ1n) is 5.51. The van der Waals surface area contributed by atoms with Crippen LogP contribution < -0.4 is 0 Å². The second kappa shape index (κ2) is 5.16. The SMILES string of the molecule is CCOC(=O)C1(C(=O)OCC)COC(=O)C1C. The molecular formula is C11H16O6. The molecule has 0 aromatic heterocycles. The van der Waals surface area contributed by atoms with Crippen molar-refractivity contribution >= 4 is 17.9 Å². The first-order chi connectivity index (χ1) is 8.00. The minimum absolute atomic E-state index is 0.126. The summed E-state index contributed by atoms with van der Waals surface area (Å²) in [5.74, 6) is -3.01. The lowest BCUT2D eigenvalue weighted by Gasteiger charge is -2.24. The molecule has 0 radical (unpaired) electrons. The van der Waals surface area contributed by atoms with Gasteiger partial charge < -0.3 is 14.2 Å². The summed E-state index contributed by atoms with van der Waals surface area (Å²) in [6, 6.07) is 0. The van der Waals surface area contributed by atoms with Crippen LogP contribution in [0.2, 0.25) is 0 Å². The Hall–Kier alpha value is -1.59.